The van der Waals surface area contributed by atoms with Gasteiger partial charge in [0.1, 0.15) is 5.75 Å². The van der Waals surface area contributed by atoms with Crippen LogP contribution in [0.25, 0.3) is 0 Å². The molecule has 1 heterocycles. The highest BCUT2D eigenvalue weighted by Crippen LogP contribution is 2.24. The highest BCUT2D eigenvalue weighted by molar-refractivity contribution is 6.31. The summed E-state index contributed by atoms with van der Waals surface area (Å²) in [7, 11) is 1.56. The second-order valence-electron chi connectivity index (χ2n) is 5.02. The van der Waals surface area contributed by atoms with Crippen LogP contribution in [0.5, 0.6) is 5.75 Å². The van der Waals surface area contributed by atoms with Gasteiger partial charge >= 0.3 is 0 Å². The Kier molecular flexibility index (Phi) is 6.11. The van der Waals surface area contributed by atoms with E-state index < -0.39 is 0 Å². The van der Waals surface area contributed by atoms with Crippen LogP contribution in [0.4, 0.5) is 0 Å². The number of halogens is 2. The first-order chi connectivity index (χ1) is 9.01. The lowest BCUT2D eigenvalue weighted by Gasteiger charge is -2.36. The lowest BCUT2D eigenvalue weighted by Crippen LogP contribution is -2.55. The first-order valence-corrected chi connectivity index (χ1v) is 6.78. The minimum atomic E-state index is -0.0282. The van der Waals surface area contributed by atoms with Crippen molar-refractivity contribution in [3.63, 3.8) is 0 Å². The second kappa shape index (κ2) is 7.16. The van der Waals surface area contributed by atoms with Gasteiger partial charge in [0, 0.05) is 30.2 Å². The van der Waals surface area contributed by atoms with Gasteiger partial charge in [-0.1, -0.05) is 11.6 Å². The highest BCUT2D eigenvalue weighted by atomic mass is 35.5. The zero-order valence-electron chi connectivity index (χ0n) is 11.9. The fourth-order valence-electron chi connectivity index (χ4n) is 2.51. The van der Waals surface area contributed by atoms with Crippen molar-refractivity contribution < 1.29 is 9.53 Å². The van der Waals surface area contributed by atoms with E-state index in [1.807, 2.05) is 4.90 Å². The molecular formula is C14H20Cl2N2O2. The van der Waals surface area contributed by atoms with Crippen LogP contribution in [-0.4, -0.2) is 43.1 Å². The highest BCUT2D eigenvalue weighted by Gasteiger charge is 2.27. The summed E-state index contributed by atoms with van der Waals surface area (Å²) in [6.07, 6.45) is 0. The first-order valence-electron chi connectivity index (χ1n) is 6.40. The molecular weight excluding hydrogens is 299 g/mol. The van der Waals surface area contributed by atoms with Crippen molar-refractivity contribution in [2.45, 2.75) is 25.9 Å². The van der Waals surface area contributed by atoms with E-state index in [4.69, 9.17) is 16.3 Å². The van der Waals surface area contributed by atoms with E-state index in [0.29, 0.717) is 29.4 Å². The summed E-state index contributed by atoms with van der Waals surface area (Å²) in [5.41, 5.74) is 0.524. The molecule has 1 N–H and O–H groups in total. The van der Waals surface area contributed by atoms with Crippen LogP contribution < -0.4 is 10.1 Å². The molecule has 1 aromatic rings. The SMILES string of the molecule is COc1ccc(Cl)cc1C(=O)N1CC(C)NC(C)C1.Cl. The number of ether oxygens (including phenoxy) is 1. The zero-order valence-corrected chi connectivity index (χ0v) is 13.4. The van der Waals surface area contributed by atoms with Crippen molar-refractivity contribution in [3.05, 3.63) is 28.8 Å². The molecule has 1 aliphatic heterocycles. The van der Waals surface area contributed by atoms with E-state index in [9.17, 15) is 4.79 Å². The quantitative estimate of drug-likeness (QED) is 0.911. The average molecular weight is 319 g/mol. The van der Waals surface area contributed by atoms with Crippen LogP contribution in [0, 0.1) is 0 Å². The summed E-state index contributed by atoms with van der Waals surface area (Å²) < 4.78 is 5.24. The number of methoxy groups -OCH3 is 1. The van der Waals surface area contributed by atoms with Gasteiger partial charge in [0.2, 0.25) is 0 Å². The topological polar surface area (TPSA) is 41.6 Å². The summed E-state index contributed by atoms with van der Waals surface area (Å²) in [6.45, 7) is 5.54. The van der Waals surface area contributed by atoms with Crippen LogP contribution in [0.3, 0.4) is 0 Å². The molecule has 0 spiro atoms. The Morgan fingerprint density at radius 1 is 1.35 bits per heavy atom. The first kappa shape index (κ1) is 17.1. The molecule has 112 valence electrons. The minimum absolute atomic E-state index is 0. The molecule has 1 aliphatic rings. The van der Waals surface area contributed by atoms with Crippen LogP contribution >= 0.6 is 24.0 Å². The molecule has 2 unspecified atom stereocenters. The number of carbonyl (C=O) groups is 1. The molecule has 1 aromatic carbocycles. The Labute approximate surface area is 130 Å². The van der Waals surface area contributed by atoms with E-state index in [1.54, 1.807) is 25.3 Å². The van der Waals surface area contributed by atoms with Gasteiger partial charge in [-0.05, 0) is 32.0 Å². The molecule has 0 aromatic heterocycles. The van der Waals surface area contributed by atoms with Gasteiger partial charge in [-0.15, -0.1) is 12.4 Å². The third-order valence-electron chi connectivity index (χ3n) is 3.24. The largest absolute Gasteiger partial charge is 0.496 e. The molecule has 2 atom stereocenters. The number of rotatable bonds is 2. The summed E-state index contributed by atoms with van der Waals surface area (Å²) in [5, 5.41) is 3.95. The molecule has 0 radical (unpaired) electrons. The van der Waals surface area contributed by atoms with Crippen LogP contribution in [0.15, 0.2) is 18.2 Å². The number of carbonyl (C=O) groups excluding carboxylic acids is 1. The summed E-state index contributed by atoms with van der Waals surface area (Å²) >= 11 is 5.98. The average Bonchev–Trinajstić information content (AvgIpc) is 2.36. The predicted molar refractivity (Wildman–Crippen MR) is 83.2 cm³/mol. The number of nitrogens with one attached hydrogen (secondary N) is 1. The van der Waals surface area contributed by atoms with Crippen molar-refractivity contribution in [2.75, 3.05) is 20.2 Å². The Bertz CT molecular complexity index is 472. The Hall–Kier alpha value is -0.970. The second-order valence-corrected chi connectivity index (χ2v) is 5.46. The fraction of sp³-hybridized carbons (Fsp3) is 0.500. The van der Waals surface area contributed by atoms with Gasteiger partial charge in [0.25, 0.3) is 5.91 Å². The van der Waals surface area contributed by atoms with Crippen LogP contribution in [-0.2, 0) is 0 Å². The maximum absolute atomic E-state index is 12.6. The number of benzene rings is 1. The lowest BCUT2D eigenvalue weighted by molar-refractivity contribution is 0.0670. The summed E-state index contributed by atoms with van der Waals surface area (Å²) in [4.78, 5) is 14.4. The number of hydrogen-bond acceptors (Lipinski definition) is 3. The molecule has 20 heavy (non-hydrogen) atoms. The van der Waals surface area contributed by atoms with E-state index in [1.165, 1.54) is 0 Å². The molecule has 1 fully saturated rings. The third kappa shape index (κ3) is 3.78. The van der Waals surface area contributed by atoms with Crippen LogP contribution in [0.2, 0.25) is 5.02 Å². The summed E-state index contributed by atoms with van der Waals surface area (Å²) in [6, 6.07) is 5.70. The smallest absolute Gasteiger partial charge is 0.257 e. The monoisotopic (exact) mass is 318 g/mol. The van der Waals surface area contributed by atoms with Crippen molar-refractivity contribution in [2.24, 2.45) is 0 Å². The number of hydrogen-bond donors (Lipinski definition) is 1. The Balaban J connectivity index is 0.00000200. The molecule has 0 aliphatic carbocycles. The van der Waals surface area contributed by atoms with Crippen molar-refractivity contribution >= 4 is 29.9 Å². The maximum Gasteiger partial charge on any atom is 0.257 e. The summed E-state index contributed by atoms with van der Waals surface area (Å²) in [5.74, 6) is 0.535. The van der Waals surface area contributed by atoms with E-state index in [2.05, 4.69) is 19.2 Å². The van der Waals surface area contributed by atoms with Gasteiger partial charge in [0.05, 0.1) is 12.7 Å². The molecule has 0 saturated carbocycles. The number of nitrogens with zero attached hydrogens (tertiary/aromatic N) is 1. The molecule has 2 rings (SSSR count). The Morgan fingerprint density at radius 2 is 1.95 bits per heavy atom. The van der Waals surface area contributed by atoms with Crippen molar-refractivity contribution in [3.8, 4) is 5.75 Å². The van der Waals surface area contributed by atoms with Gasteiger partial charge in [-0.2, -0.15) is 0 Å². The number of amides is 1. The normalized spacial score (nSPS) is 22.1. The van der Waals surface area contributed by atoms with Crippen molar-refractivity contribution in [1.29, 1.82) is 0 Å². The molecule has 6 heteroatoms. The van der Waals surface area contributed by atoms with Gasteiger partial charge in [0.15, 0.2) is 0 Å². The van der Waals surface area contributed by atoms with Crippen LogP contribution in [0.1, 0.15) is 24.2 Å². The van der Waals surface area contributed by atoms with E-state index >= 15 is 0 Å². The zero-order chi connectivity index (χ0) is 14.0. The predicted octanol–water partition coefficient (Wildman–Crippen LogP) is 2.59. The van der Waals surface area contributed by atoms with Crippen molar-refractivity contribution in [1.82, 2.24) is 10.2 Å². The third-order valence-corrected chi connectivity index (χ3v) is 3.47. The fourth-order valence-corrected chi connectivity index (χ4v) is 2.68. The van der Waals surface area contributed by atoms with Gasteiger partial charge < -0.3 is 15.0 Å². The standard InChI is InChI=1S/C14H19ClN2O2.ClH/c1-9-7-17(8-10(2)16-9)14(18)12-6-11(15)4-5-13(12)19-3;/h4-6,9-10,16H,7-8H2,1-3H3;1H. The van der Waals surface area contributed by atoms with Gasteiger partial charge in [-0.3, -0.25) is 4.79 Å². The number of piperazine rings is 1. The molecule has 1 amide bonds. The van der Waals surface area contributed by atoms with E-state index in [0.717, 1.165) is 0 Å². The van der Waals surface area contributed by atoms with E-state index in [-0.39, 0.29) is 30.4 Å². The van der Waals surface area contributed by atoms with Gasteiger partial charge in [-0.25, -0.2) is 0 Å². The molecule has 4 nitrogen and oxygen atoms in total. The Morgan fingerprint density at radius 3 is 2.50 bits per heavy atom. The molecule has 1 saturated heterocycles. The maximum atomic E-state index is 12.6. The molecule has 0 bridgehead atoms. The minimum Gasteiger partial charge on any atom is -0.496 e. The lowest BCUT2D eigenvalue weighted by atomic mass is 10.1.